The van der Waals surface area contributed by atoms with Crippen LogP contribution >= 0.6 is 0 Å². The van der Waals surface area contributed by atoms with Gasteiger partial charge in [-0.1, -0.05) is 6.42 Å². The van der Waals surface area contributed by atoms with Crippen LogP contribution in [0.25, 0.3) is 11.0 Å². The molecule has 1 aliphatic rings. The van der Waals surface area contributed by atoms with Gasteiger partial charge in [-0.2, -0.15) is 0 Å². The number of rotatable bonds is 3. The third-order valence-electron chi connectivity index (χ3n) is 3.63. The molecule has 0 saturated carbocycles. The van der Waals surface area contributed by atoms with Gasteiger partial charge in [0.15, 0.2) is 4.90 Å². The molecule has 1 aromatic carbocycles. The average molecular weight is 319 g/mol. The Bertz CT molecular complexity index is 726. The lowest BCUT2D eigenvalue weighted by Crippen LogP contribution is -2.08. The van der Waals surface area contributed by atoms with Gasteiger partial charge in [0.05, 0.1) is 11.0 Å². The normalized spacial score (nSPS) is 16.9. The van der Waals surface area contributed by atoms with Gasteiger partial charge >= 0.3 is 6.09 Å². The number of hydrogen-bond donors (Lipinski definition) is 3. The lowest BCUT2D eigenvalue weighted by Gasteiger charge is -2.12. The molecule has 7 heteroatoms. The van der Waals surface area contributed by atoms with Crippen LogP contribution in [0.1, 0.15) is 32.1 Å². The van der Waals surface area contributed by atoms with Crippen molar-refractivity contribution in [3.8, 4) is 0 Å². The van der Waals surface area contributed by atoms with Crippen LogP contribution in [0.5, 0.6) is 0 Å². The largest absolute Gasteiger partial charge is 0.607 e. The third-order valence-corrected chi connectivity index (χ3v) is 5.16. The number of hydrogen-bond acceptors (Lipinski definition) is 3. The molecule has 116 valence electrons. The van der Waals surface area contributed by atoms with Crippen LogP contribution in [0.4, 0.5) is 10.7 Å². The quantitative estimate of drug-likeness (QED) is 0.752. The highest BCUT2D eigenvalue weighted by Gasteiger charge is 2.20. The van der Waals surface area contributed by atoms with Crippen molar-refractivity contribution in [1.82, 2.24) is 9.97 Å². The topological polar surface area (TPSA) is 101 Å². The minimum atomic E-state index is -1.17. The zero-order valence-corrected chi connectivity index (χ0v) is 12.8. The van der Waals surface area contributed by atoms with Crippen LogP contribution in [0.3, 0.4) is 0 Å². The molecule has 1 amide bonds. The van der Waals surface area contributed by atoms with E-state index in [1.165, 1.54) is 6.42 Å². The number of allylic oxidation sites excluding steroid dienone is 2. The second-order valence-electron chi connectivity index (χ2n) is 5.23. The smallest absolute Gasteiger partial charge is 0.411 e. The molecule has 1 aliphatic carbocycles. The van der Waals surface area contributed by atoms with E-state index in [0.29, 0.717) is 15.9 Å². The Morgan fingerprint density at radius 1 is 1.36 bits per heavy atom. The molecule has 6 nitrogen and oxygen atoms in total. The van der Waals surface area contributed by atoms with E-state index in [1.807, 2.05) is 0 Å². The first-order chi connectivity index (χ1) is 10.6. The summed E-state index contributed by atoms with van der Waals surface area (Å²) in [4.78, 5) is 19.3. The number of amides is 1. The van der Waals surface area contributed by atoms with Gasteiger partial charge in [-0.25, -0.2) is 9.78 Å². The van der Waals surface area contributed by atoms with E-state index in [4.69, 9.17) is 5.11 Å². The molecular weight excluding hydrogens is 302 g/mol. The maximum Gasteiger partial charge on any atom is 0.411 e. The van der Waals surface area contributed by atoms with Crippen molar-refractivity contribution in [3.05, 3.63) is 29.2 Å². The summed E-state index contributed by atoms with van der Waals surface area (Å²) in [7, 11) is 0. The molecule has 1 heterocycles. The molecule has 3 N–H and O–H groups in total. The highest BCUT2D eigenvalue weighted by Crippen LogP contribution is 2.29. The van der Waals surface area contributed by atoms with Gasteiger partial charge in [-0.3, -0.25) is 5.32 Å². The van der Waals surface area contributed by atoms with Gasteiger partial charge in [0.2, 0.25) is 5.95 Å². The molecule has 2 aromatic rings. The van der Waals surface area contributed by atoms with Gasteiger partial charge in [0, 0.05) is 23.7 Å². The highest BCUT2D eigenvalue weighted by atomic mass is 32.2. The van der Waals surface area contributed by atoms with Crippen LogP contribution in [0.2, 0.25) is 0 Å². The summed E-state index contributed by atoms with van der Waals surface area (Å²) in [5, 5.41) is 10.9. The molecule has 0 bridgehead atoms. The predicted octanol–water partition coefficient (Wildman–Crippen LogP) is 3.61. The monoisotopic (exact) mass is 319 g/mol. The minimum absolute atomic E-state index is 0.166. The first-order valence-corrected chi connectivity index (χ1v) is 8.39. The number of fused-ring (bicyclic) bond motifs is 1. The van der Waals surface area contributed by atoms with Crippen LogP contribution in [-0.2, 0) is 11.2 Å². The van der Waals surface area contributed by atoms with Crippen molar-refractivity contribution in [1.29, 1.82) is 0 Å². The van der Waals surface area contributed by atoms with Crippen LogP contribution in [0, 0.1) is 0 Å². The lowest BCUT2D eigenvalue weighted by atomic mass is 10.2. The maximum atomic E-state index is 12.7. The van der Waals surface area contributed by atoms with E-state index in [-0.39, 0.29) is 5.95 Å². The summed E-state index contributed by atoms with van der Waals surface area (Å²) in [5.74, 6) is 0.166. The zero-order chi connectivity index (χ0) is 15.5. The van der Waals surface area contributed by atoms with E-state index in [2.05, 4.69) is 21.4 Å². The molecule has 3 rings (SSSR count). The molecule has 0 radical (unpaired) electrons. The number of nitrogens with zero attached hydrogens (tertiary/aromatic N) is 1. The van der Waals surface area contributed by atoms with Crippen molar-refractivity contribution in [2.24, 2.45) is 0 Å². The zero-order valence-electron chi connectivity index (χ0n) is 12.0. The number of carboxylic acid groups (broad SMARTS) is 1. The van der Waals surface area contributed by atoms with Crippen LogP contribution in [0.15, 0.2) is 34.1 Å². The fraction of sp³-hybridized carbons (Fsp3) is 0.333. The van der Waals surface area contributed by atoms with E-state index in [0.717, 1.165) is 30.6 Å². The van der Waals surface area contributed by atoms with Gasteiger partial charge in [0.1, 0.15) is 4.91 Å². The molecule has 22 heavy (non-hydrogen) atoms. The van der Waals surface area contributed by atoms with Gasteiger partial charge < -0.3 is 14.6 Å². The molecule has 0 saturated heterocycles. The molecule has 1 unspecified atom stereocenters. The van der Waals surface area contributed by atoms with Gasteiger partial charge in [0.25, 0.3) is 0 Å². The molecule has 1 aromatic heterocycles. The Hall–Kier alpha value is -1.99. The summed E-state index contributed by atoms with van der Waals surface area (Å²) in [6.45, 7) is 0. The first-order valence-electron chi connectivity index (χ1n) is 7.24. The average Bonchev–Trinajstić information content (AvgIpc) is 2.70. The Balaban J connectivity index is 1.87. The number of anilines is 1. The fourth-order valence-corrected chi connectivity index (χ4v) is 3.88. The summed E-state index contributed by atoms with van der Waals surface area (Å²) in [6.07, 6.45) is 6.19. The molecular formula is C15H17N3O3S. The number of nitrogens with one attached hydrogen (secondary N) is 2. The molecule has 0 spiro atoms. The van der Waals surface area contributed by atoms with E-state index >= 15 is 0 Å². The second kappa shape index (κ2) is 6.41. The Labute approximate surface area is 130 Å². The molecule has 0 aliphatic heterocycles. The minimum Gasteiger partial charge on any atom is -0.607 e. The summed E-state index contributed by atoms with van der Waals surface area (Å²) >= 11 is -1.17. The number of aromatic nitrogens is 2. The van der Waals surface area contributed by atoms with Crippen LogP contribution in [-0.4, -0.2) is 25.7 Å². The standard InChI is InChI=1S/C15H17N3O3S/c19-15(20)18-14-16-12-8-7-11(9-13(12)17-14)22(21)10-5-3-1-2-4-6-10/h5,7-9H,1-4,6H2,(H,19,20)(H2,16,17,18). The molecule has 1 atom stereocenters. The van der Waals surface area contributed by atoms with Crippen molar-refractivity contribution < 1.29 is 14.5 Å². The lowest BCUT2D eigenvalue weighted by molar-refractivity contribution is 0.209. The third kappa shape index (κ3) is 3.26. The highest BCUT2D eigenvalue weighted by molar-refractivity contribution is 7.95. The van der Waals surface area contributed by atoms with Crippen molar-refractivity contribution in [3.63, 3.8) is 0 Å². The number of carbonyl (C=O) groups is 1. The van der Waals surface area contributed by atoms with E-state index in [9.17, 15) is 9.35 Å². The Morgan fingerprint density at radius 3 is 3.05 bits per heavy atom. The summed E-state index contributed by atoms with van der Waals surface area (Å²) in [5.41, 5.74) is 1.31. The number of H-pyrrole nitrogens is 1. The number of aromatic amines is 1. The first kappa shape index (κ1) is 14.9. The SMILES string of the molecule is O=C(O)Nc1nc2cc([S+]([O-])C3=CCCCCC3)ccc2[nH]1. The number of benzene rings is 1. The van der Waals surface area contributed by atoms with E-state index < -0.39 is 17.3 Å². The van der Waals surface area contributed by atoms with E-state index in [1.54, 1.807) is 18.2 Å². The van der Waals surface area contributed by atoms with Crippen LogP contribution < -0.4 is 5.32 Å². The molecule has 0 fully saturated rings. The van der Waals surface area contributed by atoms with Crippen molar-refractivity contribution in [2.75, 3.05) is 5.32 Å². The summed E-state index contributed by atoms with van der Waals surface area (Å²) in [6, 6.07) is 5.33. The predicted molar refractivity (Wildman–Crippen MR) is 85.3 cm³/mol. The van der Waals surface area contributed by atoms with Crippen molar-refractivity contribution >= 4 is 34.3 Å². The Kier molecular flexibility index (Phi) is 4.35. The second-order valence-corrected chi connectivity index (χ2v) is 6.77. The van der Waals surface area contributed by atoms with Gasteiger partial charge in [-0.15, -0.1) is 0 Å². The number of imidazole rings is 1. The summed E-state index contributed by atoms with van der Waals surface area (Å²) < 4.78 is 12.7. The fourth-order valence-electron chi connectivity index (χ4n) is 2.57. The maximum absolute atomic E-state index is 12.7. The van der Waals surface area contributed by atoms with Gasteiger partial charge in [-0.05, 0) is 37.5 Å². The van der Waals surface area contributed by atoms with Crippen molar-refractivity contribution in [2.45, 2.75) is 37.0 Å². The Morgan fingerprint density at radius 2 is 2.23 bits per heavy atom.